The molecule has 1 N–H and O–H groups in total. The van der Waals surface area contributed by atoms with Crippen LogP contribution in [0, 0.1) is 0 Å². The Hall–Kier alpha value is -1.52. The third kappa shape index (κ3) is 1.99. The number of carbonyl (C=O) groups is 1. The van der Waals surface area contributed by atoms with Gasteiger partial charge < -0.3 is 5.11 Å². The number of carboxylic acids is 1. The summed E-state index contributed by atoms with van der Waals surface area (Å²) in [6, 6.07) is 0. The van der Waals surface area contributed by atoms with Crippen molar-refractivity contribution in [2.45, 2.75) is 25.2 Å². The summed E-state index contributed by atoms with van der Waals surface area (Å²) in [6.07, 6.45) is 3.48. The Bertz CT molecular complexity index is 336. The molecule has 5 heteroatoms. The molecule has 0 spiro atoms. The van der Waals surface area contributed by atoms with Crippen molar-refractivity contribution in [2.75, 3.05) is 0 Å². The molecule has 1 aliphatic carbocycles. The highest BCUT2D eigenvalue weighted by Crippen LogP contribution is 2.37. The second kappa shape index (κ2) is 3.08. The van der Waals surface area contributed by atoms with Gasteiger partial charge in [-0.3, -0.25) is 4.79 Å². The van der Waals surface area contributed by atoms with E-state index in [2.05, 4.69) is 15.0 Å². The van der Waals surface area contributed by atoms with Gasteiger partial charge in [-0.05, 0) is 12.8 Å². The minimum atomic E-state index is -0.909. The fourth-order valence-electron chi connectivity index (χ4n) is 1.10. The maximum atomic E-state index is 10.4. The molecule has 0 radical (unpaired) electrons. The van der Waals surface area contributed by atoms with Crippen LogP contribution in [0.2, 0.25) is 0 Å². The first-order valence-corrected chi connectivity index (χ1v) is 4.15. The Balaban J connectivity index is 2.16. The third-order valence-electron chi connectivity index (χ3n) is 1.89. The molecule has 0 aliphatic heterocycles. The second-order valence-corrected chi connectivity index (χ2v) is 3.10. The van der Waals surface area contributed by atoms with E-state index < -0.39 is 5.97 Å². The van der Waals surface area contributed by atoms with Crippen molar-refractivity contribution in [1.82, 2.24) is 15.0 Å². The van der Waals surface area contributed by atoms with Crippen LogP contribution >= 0.6 is 0 Å². The Labute approximate surface area is 74.9 Å². The zero-order valence-corrected chi connectivity index (χ0v) is 6.97. The van der Waals surface area contributed by atoms with Crippen molar-refractivity contribution < 1.29 is 9.90 Å². The molecule has 2 rings (SSSR count). The van der Waals surface area contributed by atoms with Crippen LogP contribution in [0.4, 0.5) is 0 Å². The van der Waals surface area contributed by atoms with E-state index in [1.807, 2.05) is 0 Å². The average molecular weight is 179 g/mol. The summed E-state index contributed by atoms with van der Waals surface area (Å²) in [5.41, 5.74) is 0. The number of aromatic nitrogens is 3. The first-order chi connectivity index (χ1) is 6.25. The van der Waals surface area contributed by atoms with Crippen LogP contribution in [0.25, 0.3) is 0 Å². The minimum absolute atomic E-state index is 0.123. The van der Waals surface area contributed by atoms with Crippen molar-refractivity contribution in [3.05, 3.63) is 18.0 Å². The minimum Gasteiger partial charge on any atom is -0.481 e. The third-order valence-corrected chi connectivity index (χ3v) is 1.89. The Morgan fingerprint density at radius 1 is 1.54 bits per heavy atom. The van der Waals surface area contributed by atoms with Gasteiger partial charge in [0, 0.05) is 5.92 Å². The maximum Gasteiger partial charge on any atom is 0.311 e. The van der Waals surface area contributed by atoms with Gasteiger partial charge in [0.05, 0.1) is 0 Å². The average Bonchev–Trinajstić information content (AvgIpc) is 2.85. The van der Waals surface area contributed by atoms with Crippen LogP contribution in [-0.2, 0) is 11.2 Å². The summed E-state index contributed by atoms with van der Waals surface area (Å²) in [6.45, 7) is 0. The molecule has 1 saturated carbocycles. The summed E-state index contributed by atoms with van der Waals surface area (Å²) in [4.78, 5) is 22.2. The van der Waals surface area contributed by atoms with Crippen LogP contribution in [0.5, 0.6) is 0 Å². The highest BCUT2D eigenvalue weighted by molar-refractivity contribution is 5.68. The topological polar surface area (TPSA) is 76.0 Å². The molecular formula is C8H9N3O2. The molecule has 0 saturated heterocycles. The van der Waals surface area contributed by atoms with Gasteiger partial charge in [-0.2, -0.15) is 0 Å². The van der Waals surface area contributed by atoms with Crippen molar-refractivity contribution in [1.29, 1.82) is 0 Å². The smallest absolute Gasteiger partial charge is 0.311 e. The normalized spacial score (nSPS) is 15.7. The lowest BCUT2D eigenvalue weighted by Gasteiger charge is -1.97. The van der Waals surface area contributed by atoms with Gasteiger partial charge in [0.25, 0.3) is 0 Å². The summed E-state index contributed by atoms with van der Waals surface area (Å²) >= 11 is 0. The molecule has 1 aliphatic rings. The predicted molar refractivity (Wildman–Crippen MR) is 43.1 cm³/mol. The van der Waals surface area contributed by atoms with Gasteiger partial charge in [-0.1, -0.05) is 0 Å². The van der Waals surface area contributed by atoms with Gasteiger partial charge in [0.1, 0.15) is 24.4 Å². The zero-order chi connectivity index (χ0) is 9.26. The molecule has 0 atom stereocenters. The van der Waals surface area contributed by atoms with E-state index in [0.717, 1.165) is 18.7 Å². The second-order valence-electron chi connectivity index (χ2n) is 3.10. The van der Waals surface area contributed by atoms with Gasteiger partial charge >= 0.3 is 5.97 Å². The van der Waals surface area contributed by atoms with Gasteiger partial charge in [0.15, 0.2) is 0 Å². The number of aliphatic carboxylic acids is 1. The molecule has 0 aromatic carbocycles. The molecule has 1 heterocycles. The standard InChI is InChI=1S/C8H9N3O2/c12-7(13)3-6-9-4-10-8(11-6)5-1-2-5/h4-5H,1-3H2,(H,12,13). The first-order valence-electron chi connectivity index (χ1n) is 4.15. The molecule has 0 bridgehead atoms. The molecule has 1 fully saturated rings. The fraction of sp³-hybridized carbons (Fsp3) is 0.500. The number of hydrogen-bond donors (Lipinski definition) is 1. The van der Waals surface area contributed by atoms with Crippen LogP contribution in [0.3, 0.4) is 0 Å². The fourth-order valence-corrected chi connectivity index (χ4v) is 1.10. The van der Waals surface area contributed by atoms with E-state index in [0.29, 0.717) is 11.7 Å². The van der Waals surface area contributed by atoms with E-state index in [1.165, 1.54) is 6.33 Å². The first kappa shape index (κ1) is 8.10. The number of nitrogens with zero attached hydrogens (tertiary/aromatic N) is 3. The van der Waals surface area contributed by atoms with Gasteiger partial charge in [-0.15, -0.1) is 0 Å². The molecule has 68 valence electrons. The number of rotatable bonds is 3. The number of hydrogen-bond acceptors (Lipinski definition) is 4. The lowest BCUT2D eigenvalue weighted by Crippen LogP contribution is -2.07. The van der Waals surface area contributed by atoms with E-state index in [4.69, 9.17) is 5.11 Å². The summed E-state index contributed by atoms with van der Waals surface area (Å²) in [5.74, 6) is 0.624. The van der Waals surface area contributed by atoms with Crippen molar-refractivity contribution in [3.8, 4) is 0 Å². The number of carboxylic acid groups (broad SMARTS) is 1. The Kier molecular flexibility index (Phi) is 1.92. The molecule has 5 nitrogen and oxygen atoms in total. The largest absolute Gasteiger partial charge is 0.481 e. The molecule has 0 unspecified atom stereocenters. The molecule has 1 aromatic rings. The van der Waals surface area contributed by atoms with E-state index >= 15 is 0 Å². The predicted octanol–water partition coefficient (Wildman–Crippen LogP) is 0.376. The van der Waals surface area contributed by atoms with Crippen molar-refractivity contribution in [3.63, 3.8) is 0 Å². The molecular weight excluding hydrogens is 170 g/mol. The zero-order valence-electron chi connectivity index (χ0n) is 6.97. The highest BCUT2D eigenvalue weighted by atomic mass is 16.4. The van der Waals surface area contributed by atoms with E-state index in [1.54, 1.807) is 0 Å². The van der Waals surface area contributed by atoms with Crippen LogP contribution in [0.15, 0.2) is 6.33 Å². The maximum absolute atomic E-state index is 10.4. The quantitative estimate of drug-likeness (QED) is 0.725. The van der Waals surface area contributed by atoms with E-state index in [-0.39, 0.29) is 6.42 Å². The molecule has 13 heavy (non-hydrogen) atoms. The summed E-state index contributed by atoms with van der Waals surface area (Å²) in [7, 11) is 0. The lowest BCUT2D eigenvalue weighted by atomic mass is 10.3. The molecule has 1 aromatic heterocycles. The van der Waals surface area contributed by atoms with Gasteiger partial charge in [0.2, 0.25) is 0 Å². The monoisotopic (exact) mass is 179 g/mol. The summed E-state index contributed by atoms with van der Waals surface area (Å²) in [5, 5.41) is 8.51. The highest BCUT2D eigenvalue weighted by Gasteiger charge is 2.26. The van der Waals surface area contributed by atoms with Crippen molar-refractivity contribution in [2.24, 2.45) is 0 Å². The van der Waals surface area contributed by atoms with E-state index in [9.17, 15) is 4.79 Å². The van der Waals surface area contributed by atoms with Crippen LogP contribution < -0.4 is 0 Å². The Morgan fingerprint density at radius 3 is 2.92 bits per heavy atom. The molecule has 0 amide bonds. The van der Waals surface area contributed by atoms with Crippen LogP contribution in [-0.4, -0.2) is 26.0 Å². The van der Waals surface area contributed by atoms with Crippen molar-refractivity contribution >= 4 is 5.97 Å². The Morgan fingerprint density at radius 2 is 2.31 bits per heavy atom. The summed E-state index contributed by atoms with van der Waals surface area (Å²) < 4.78 is 0. The lowest BCUT2D eigenvalue weighted by molar-refractivity contribution is -0.136. The van der Waals surface area contributed by atoms with Gasteiger partial charge in [-0.25, -0.2) is 15.0 Å². The SMILES string of the molecule is O=C(O)Cc1ncnc(C2CC2)n1. The van der Waals surface area contributed by atoms with Crippen LogP contribution in [0.1, 0.15) is 30.4 Å².